The van der Waals surface area contributed by atoms with E-state index < -0.39 is 41.2 Å². The first-order chi connectivity index (χ1) is 23.5. The standard InChI is InChI=1S/C38H42F2N6O4/c1-36(2,3)49-34(47)45-17-7-8-30(45)32-41-21-29(44-32)24-14-11-22(12-15-24)9-10-23-13-16-27-28(18-23)43-33(42-27)31-26-19-25(20-38(26,39)40)46(31)35(48)50-37(4,5)6/h11-16,18,21,25-26,30-31H,7-8,17,19-20H2,1-6H3,(H,41,44)(H,42,43)/t25-,26-,30+,31+/m1/s1. The lowest BCUT2D eigenvalue weighted by Crippen LogP contribution is -2.48. The molecule has 3 aliphatic rings. The number of fused-ring (bicyclic) bond motifs is 3. The number of hydrogen-bond acceptors (Lipinski definition) is 6. The van der Waals surface area contributed by atoms with Crippen molar-refractivity contribution in [1.82, 2.24) is 29.7 Å². The number of amides is 2. The summed E-state index contributed by atoms with van der Waals surface area (Å²) in [7, 11) is 0. The molecule has 0 radical (unpaired) electrons. The van der Waals surface area contributed by atoms with E-state index in [2.05, 4.69) is 31.8 Å². The Morgan fingerprint density at radius 2 is 1.60 bits per heavy atom. The van der Waals surface area contributed by atoms with Crippen LogP contribution in [0.5, 0.6) is 0 Å². The van der Waals surface area contributed by atoms with Crippen LogP contribution >= 0.6 is 0 Å². The van der Waals surface area contributed by atoms with Gasteiger partial charge in [0.15, 0.2) is 0 Å². The summed E-state index contributed by atoms with van der Waals surface area (Å²) in [6.07, 6.45) is 2.38. The summed E-state index contributed by atoms with van der Waals surface area (Å²) in [5.41, 5.74) is 3.26. The lowest BCUT2D eigenvalue weighted by molar-refractivity contribution is -0.0936. The third-order valence-corrected chi connectivity index (χ3v) is 9.37. The van der Waals surface area contributed by atoms with Crippen LogP contribution in [-0.2, 0) is 9.47 Å². The molecule has 3 fully saturated rings. The third kappa shape index (κ3) is 6.65. The normalized spacial score (nSPS) is 22.9. The maximum atomic E-state index is 14.9. The van der Waals surface area contributed by atoms with Crippen LogP contribution in [0, 0.1) is 17.8 Å². The topological polar surface area (TPSA) is 116 Å². The van der Waals surface area contributed by atoms with E-state index in [0.717, 1.165) is 41.1 Å². The number of aromatic amines is 2. The molecule has 2 aromatic heterocycles. The van der Waals surface area contributed by atoms with Gasteiger partial charge in [-0.3, -0.25) is 9.80 Å². The second-order valence-electron chi connectivity index (χ2n) is 15.5. The van der Waals surface area contributed by atoms with Crippen molar-refractivity contribution in [3.05, 3.63) is 71.4 Å². The number of benzene rings is 2. The maximum absolute atomic E-state index is 14.9. The van der Waals surface area contributed by atoms with Crippen molar-refractivity contribution in [3.8, 4) is 23.1 Å². The number of nitrogens with one attached hydrogen (secondary N) is 2. The Morgan fingerprint density at radius 3 is 2.32 bits per heavy atom. The largest absolute Gasteiger partial charge is 0.444 e. The van der Waals surface area contributed by atoms with E-state index in [1.54, 1.807) is 37.9 Å². The zero-order valence-corrected chi connectivity index (χ0v) is 29.1. The average molecular weight is 685 g/mol. The molecule has 2 bridgehead atoms. The summed E-state index contributed by atoms with van der Waals surface area (Å²) in [4.78, 5) is 44.9. The van der Waals surface area contributed by atoms with Gasteiger partial charge >= 0.3 is 12.2 Å². The summed E-state index contributed by atoms with van der Waals surface area (Å²) in [6, 6.07) is 11.6. The van der Waals surface area contributed by atoms with Crippen LogP contribution in [0.2, 0.25) is 0 Å². The first-order valence-corrected chi connectivity index (χ1v) is 17.1. The number of aromatic nitrogens is 4. The van der Waals surface area contributed by atoms with E-state index in [4.69, 9.17) is 9.47 Å². The minimum Gasteiger partial charge on any atom is -0.444 e. The van der Waals surface area contributed by atoms with E-state index in [9.17, 15) is 18.4 Å². The van der Waals surface area contributed by atoms with Crippen LogP contribution in [0.25, 0.3) is 22.3 Å². The fourth-order valence-electron chi connectivity index (χ4n) is 7.27. The molecule has 7 rings (SSSR count). The number of alkyl halides is 2. The number of hydrogen-bond donors (Lipinski definition) is 2. The average Bonchev–Trinajstić information content (AvgIpc) is 3.84. The monoisotopic (exact) mass is 684 g/mol. The lowest BCUT2D eigenvalue weighted by atomic mass is 9.94. The van der Waals surface area contributed by atoms with Gasteiger partial charge in [-0.1, -0.05) is 24.0 Å². The fourth-order valence-corrected chi connectivity index (χ4v) is 7.27. The predicted molar refractivity (Wildman–Crippen MR) is 183 cm³/mol. The zero-order valence-electron chi connectivity index (χ0n) is 29.1. The van der Waals surface area contributed by atoms with Gasteiger partial charge in [0, 0.05) is 30.1 Å². The molecule has 0 unspecified atom stereocenters. The quantitative estimate of drug-likeness (QED) is 0.211. The van der Waals surface area contributed by atoms with E-state index in [-0.39, 0.29) is 25.0 Å². The summed E-state index contributed by atoms with van der Waals surface area (Å²) in [6.45, 7) is 11.5. The first kappa shape index (κ1) is 33.6. The maximum Gasteiger partial charge on any atom is 0.411 e. The van der Waals surface area contributed by atoms with Gasteiger partial charge in [-0.15, -0.1) is 0 Å². The summed E-state index contributed by atoms with van der Waals surface area (Å²) in [5.74, 6) is 3.51. The van der Waals surface area contributed by atoms with Crippen LogP contribution in [-0.4, -0.2) is 71.6 Å². The van der Waals surface area contributed by atoms with Crippen molar-refractivity contribution in [2.24, 2.45) is 5.92 Å². The highest BCUT2D eigenvalue weighted by atomic mass is 19.3. The van der Waals surface area contributed by atoms with E-state index in [1.165, 1.54) is 4.90 Å². The van der Waals surface area contributed by atoms with Crippen molar-refractivity contribution in [3.63, 3.8) is 0 Å². The molecule has 1 aliphatic carbocycles. The molecule has 2 aliphatic heterocycles. The SMILES string of the molecule is CC(C)(C)OC(=O)N1CCC[C@H]1c1ncc(-c2ccc(C#Cc3ccc4nc([C@@H]5[C@H]6C[C@H](CC6(F)F)N5C(=O)OC(C)(C)C)[nH]c4c3)cc2)[nH]1. The Bertz CT molecular complexity index is 1990. The third-order valence-electron chi connectivity index (χ3n) is 9.37. The van der Waals surface area contributed by atoms with Crippen molar-refractivity contribution in [1.29, 1.82) is 0 Å². The summed E-state index contributed by atoms with van der Waals surface area (Å²) in [5, 5.41) is 0. The van der Waals surface area contributed by atoms with Gasteiger partial charge in [0.25, 0.3) is 5.92 Å². The Labute approximate surface area is 289 Å². The molecule has 2 saturated heterocycles. The van der Waals surface area contributed by atoms with Gasteiger partial charge in [0.2, 0.25) is 0 Å². The fraction of sp³-hybridized carbons (Fsp3) is 0.474. The van der Waals surface area contributed by atoms with Crippen molar-refractivity contribution < 1.29 is 27.8 Å². The summed E-state index contributed by atoms with van der Waals surface area (Å²) >= 11 is 0. The van der Waals surface area contributed by atoms with Gasteiger partial charge in [0.1, 0.15) is 28.9 Å². The van der Waals surface area contributed by atoms with Crippen LogP contribution in [0.15, 0.2) is 48.7 Å². The van der Waals surface area contributed by atoms with Gasteiger partial charge < -0.3 is 19.4 Å². The molecule has 2 aromatic carbocycles. The zero-order chi connectivity index (χ0) is 35.6. The minimum absolute atomic E-state index is 0.162. The number of carbonyl (C=O) groups is 2. The number of nitrogens with zero attached hydrogens (tertiary/aromatic N) is 4. The number of piperidine rings is 1. The van der Waals surface area contributed by atoms with E-state index in [0.29, 0.717) is 23.4 Å². The van der Waals surface area contributed by atoms with Crippen molar-refractivity contribution >= 4 is 23.2 Å². The number of likely N-dealkylation sites (tertiary alicyclic amines) is 2. The van der Waals surface area contributed by atoms with Gasteiger partial charge in [0.05, 0.1) is 34.9 Å². The van der Waals surface area contributed by atoms with Gasteiger partial charge in [-0.2, -0.15) is 0 Å². The molecule has 4 aromatic rings. The Morgan fingerprint density at radius 1 is 0.920 bits per heavy atom. The van der Waals surface area contributed by atoms with Crippen LogP contribution in [0.3, 0.4) is 0 Å². The second kappa shape index (κ2) is 12.1. The molecule has 4 heterocycles. The Balaban J connectivity index is 1.06. The first-order valence-electron chi connectivity index (χ1n) is 17.1. The molecule has 4 atom stereocenters. The highest BCUT2D eigenvalue weighted by molar-refractivity contribution is 5.78. The molecule has 2 amide bonds. The smallest absolute Gasteiger partial charge is 0.411 e. The van der Waals surface area contributed by atoms with Gasteiger partial charge in [-0.25, -0.2) is 28.3 Å². The molecule has 1 saturated carbocycles. The second-order valence-corrected chi connectivity index (χ2v) is 15.5. The molecule has 12 heteroatoms. The molecule has 50 heavy (non-hydrogen) atoms. The molecular weight excluding hydrogens is 642 g/mol. The molecule has 2 N–H and O–H groups in total. The highest BCUT2D eigenvalue weighted by Gasteiger charge is 2.64. The number of H-pyrrole nitrogens is 2. The van der Waals surface area contributed by atoms with Crippen molar-refractivity contribution in [2.45, 2.75) is 102 Å². The lowest BCUT2D eigenvalue weighted by Gasteiger charge is -2.38. The predicted octanol–water partition coefficient (Wildman–Crippen LogP) is 8.13. The highest BCUT2D eigenvalue weighted by Crippen LogP contribution is 2.57. The van der Waals surface area contributed by atoms with Crippen LogP contribution in [0.1, 0.15) is 102 Å². The number of carbonyl (C=O) groups excluding carboxylic acids is 2. The van der Waals surface area contributed by atoms with E-state index in [1.807, 2.05) is 57.2 Å². The number of halogens is 2. The van der Waals surface area contributed by atoms with Crippen LogP contribution < -0.4 is 0 Å². The summed E-state index contributed by atoms with van der Waals surface area (Å²) < 4.78 is 41.1. The van der Waals surface area contributed by atoms with Crippen molar-refractivity contribution in [2.75, 3.05) is 6.54 Å². The van der Waals surface area contributed by atoms with Gasteiger partial charge in [-0.05, 0) is 96.7 Å². The minimum atomic E-state index is -2.89. The molecule has 10 nitrogen and oxygen atoms in total. The molecule has 0 spiro atoms. The van der Waals surface area contributed by atoms with E-state index >= 15 is 0 Å². The Hall–Kier alpha value is -4.92. The molecule has 262 valence electrons. The Kier molecular flexibility index (Phi) is 8.15. The molecular formula is C38H42F2N6O4. The number of imidazole rings is 2. The number of rotatable bonds is 3. The number of ether oxygens (including phenoxy) is 2. The van der Waals surface area contributed by atoms with Crippen LogP contribution in [0.4, 0.5) is 18.4 Å².